The molecule has 4 N–H and O–H groups in total. The van der Waals surface area contributed by atoms with Crippen LogP contribution in [0.15, 0.2) is 72.0 Å². The van der Waals surface area contributed by atoms with E-state index in [2.05, 4.69) is 26.8 Å². The van der Waals surface area contributed by atoms with E-state index in [-0.39, 0.29) is 29.8 Å². The van der Waals surface area contributed by atoms with Gasteiger partial charge in [-0.25, -0.2) is 9.38 Å². The van der Waals surface area contributed by atoms with Crippen molar-refractivity contribution in [3.63, 3.8) is 0 Å². The molecule has 1 aromatic heterocycles. The van der Waals surface area contributed by atoms with Gasteiger partial charge in [0.1, 0.15) is 5.82 Å². The average molecular weight is 564 g/mol. The Balaban J connectivity index is 0.00000385. The molecule has 0 bridgehead atoms. The SMILES string of the molecule is CCNC(=NCc1ccccc1Cn1cccn1)NCC(Cc1ccc(F)cc1)C(N)=O.I. The molecule has 1 amide bonds. The zero-order valence-electron chi connectivity index (χ0n) is 18.6. The largest absolute Gasteiger partial charge is 0.369 e. The van der Waals surface area contributed by atoms with Crippen molar-refractivity contribution < 1.29 is 9.18 Å². The molecule has 176 valence electrons. The number of aliphatic imine (C=N–C) groups is 1. The highest BCUT2D eigenvalue weighted by Gasteiger charge is 2.17. The standard InChI is InChI=1S/C24H29FN6O.HI/c1-2-27-24(29-16-21(23(26)32)14-18-8-10-22(25)11-9-18)28-15-19-6-3-4-7-20(19)17-31-13-5-12-30-31;/h3-13,21H,2,14-17H2,1H3,(H2,26,32)(H2,27,28,29);1H. The third kappa shape index (κ3) is 8.49. The van der Waals surface area contributed by atoms with Gasteiger partial charge in [-0.15, -0.1) is 24.0 Å². The molecule has 0 aliphatic rings. The Bertz CT molecular complexity index is 1020. The number of rotatable bonds is 10. The summed E-state index contributed by atoms with van der Waals surface area (Å²) in [4.78, 5) is 16.6. The Labute approximate surface area is 210 Å². The van der Waals surface area contributed by atoms with Crippen molar-refractivity contribution in [2.24, 2.45) is 16.6 Å². The van der Waals surface area contributed by atoms with E-state index in [4.69, 9.17) is 5.73 Å². The molecule has 7 nitrogen and oxygen atoms in total. The lowest BCUT2D eigenvalue weighted by Crippen LogP contribution is -2.43. The summed E-state index contributed by atoms with van der Waals surface area (Å²) in [7, 11) is 0. The normalized spacial score (nSPS) is 12.0. The molecule has 9 heteroatoms. The van der Waals surface area contributed by atoms with Crippen LogP contribution in [-0.2, 0) is 24.3 Å². The van der Waals surface area contributed by atoms with E-state index in [1.165, 1.54) is 12.1 Å². The number of benzene rings is 2. The highest BCUT2D eigenvalue weighted by atomic mass is 127. The van der Waals surface area contributed by atoms with Crippen LogP contribution < -0.4 is 16.4 Å². The first-order valence-corrected chi connectivity index (χ1v) is 10.6. The number of aromatic nitrogens is 2. The van der Waals surface area contributed by atoms with Crippen LogP contribution >= 0.6 is 24.0 Å². The van der Waals surface area contributed by atoms with Crippen LogP contribution in [0.1, 0.15) is 23.6 Å². The molecule has 0 aliphatic heterocycles. The van der Waals surface area contributed by atoms with Gasteiger partial charge in [0.05, 0.1) is 19.0 Å². The zero-order chi connectivity index (χ0) is 22.8. The summed E-state index contributed by atoms with van der Waals surface area (Å²) in [6, 6.07) is 16.1. The molecule has 2 aromatic carbocycles. The number of hydrogen-bond acceptors (Lipinski definition) is 3. The molecule has 0 radical (unpaired) electrons. The van der Waals surface area contributed by atoms with Gasteiger partial charge in [-0.05, 0) is 48.2 Å². The lowest BCUT2D eigenvalue weighted by molar-refractivity contribution is -0.121. The van der Waals surface area contributed by atoms with E-state index >= 15 is 0 Å². The molecule has 1 heterocycles. The van der Waals surface area contributed by atoms with Gasteiger partial charge in [0.25, 0.3) is 0 Å². The fourth-order valence-corrected chi connectivity index (χ4v) is 3.34. The predicted octanol–water partition coefficient (Wildman–Crippen LogP) is 3.09. The summed E-state index contributed by atoms with van der Waals surface area (Å²) < 4.78 is 15.0. The quantitative estimate of drug-likeness (QED) is 0.200. The molecular weight excluding hydrogens is 534 g/mol. The maximum atomic E-state index is 13.1. The topological polar surface area (TPSA) is 97.3 Å². The van der Waals surface area contributed by atoms with Gasteiger partial charge >= 0.3 is 0 Å². The smallest absolute Gasteiger partial charge is 0.222 e. The summed E-state index contributed by atoms with van der Waals surface area (Å²) >= 11 is 0. The average Bonchev–Trinajstić information content (AvgIpc) is 3.30. The molecule has 1 unspecified atom stereocenters. The van der Waals surface area contributed by atoms with E-state index in [1.54, 1.807) is 18.3 Å². The summed E-state index contributed by atoms with van der Waals surface area (Å²) in [6.07, 6.45) is 4.11. The van der Waals surface area contributed by atoms with Crippen LogP contribution in [0.5, 0.6) is 0 Å². The third-order valence-corrected chi connectivity index (χ3v) is 5.08. The minimum atomic E-state index is -0.448. The van der Waals surface area contributed by atoms with Crippen LogP contribution in [0.2, 0.25) is 0 Å². The molecule has 0 saturated heterocycles. The van der Waals surface area contributed by atoms with Crippen LogP contribution in [-0.4, -0.2) is 34.7 Å². The number of guanidine groups is 1. The second-order valence-electron chi connectivity index (χ2n) is 7.48. The van der Waals surface area contributed by atoms with E-state index in [0.29, 0.717) is 38.6 Å². The minimum Gasteiger partial charge on any atom is -0.369 e. The molecule has 0 spiro atoms. The fraction of sp³-hybridized carbons (Fsp3) is 0.292. The lowest BCUT2D eigenvalue weighted by Gasteiger charge is -2.17. The maximum absolute atomic E-state index is 13.1. The van der Waals surface area contributed by atoms with Gasteiger partial charge in [0, 0.05) is 25.5 Å². The second kappa shape index (κ2) is 13.6. The summed E-state index contributed by atoms with van der Waals surface area (Å²) in [6.45, 7) is 4.14. The number of halogens is 2. The molecule has 33 heavy (non-hydrogen) atoms. The molecule has 0 saturated carbocycles. The minimum absolute atomic E-state index is 0. The summed E-state index contributed by atoms with van der Waals surface area (Å²) in [5.74, 6) is -0.567. The first-order valence-electron chi connectivity index (χ1n) is 10.6. The monoisotopic (exact) mass is 564 g/mol. The molecular formula is C24H30FIN6O. The number of amides is 1. The van der Waals surface area contributed by atoms with Crippen LogP contribution in [0.4, 0.5) is 4.39 Å². The number of hydrogen-bond donors (Lipinski definition) is 3. The Morgan fingerprint density at radius 3 is 2.48 bits per heavy atom. The first kappa shape index (κ1) is 26.3. The first-order chi connectivity index (χ1) is 15.5. The molecule has 3 rings (SSSR count). The Kier molecular flexibility index (Phi) is 10.8. The predicted molar refractivity (Wildman–Crippen MR) is 139 cm³/mol. The Hall–Kier alpha value is -2.95. The second-order valence-corrected chi connectivity index (χ2v) is 7.48. The van der Waals surface area contributed by atoms with Gasteiger partial charge in [-0.2, -0.15) is 5.10 Å². The van der Waals surface area contributed by atoms with Crippen molar-refractivity contribution in [3.05, 3.63) is 89.5 Å². The van der Waals surface area contributed by atoms with Gasteiger partial charge in [-0.3, -0.25) is 9.48 Å². The van der Waals surface area contributed by atoms with Crippen molar-refractivity contribution in [2.45, 2.75) is 26.4 Å². The number of nitrogens with zero attached hydrogens (tertiary/aromatic N) is 3. The number of carbonyl (C=O) groups is 1. The molecule has 3 aromatic rings. The van der Waals surface area contributed by atoms with Gasteiger partial charge in [0.15, 0.2) is 5.96 Å². The highest BCUT2D eigenvalue weighted by Crippen LogP contribution is 2.12. The van der Waals surface area contributed by atoms with E-state index in [1.807, 2.05) is 42.1 Å². The van der Waals surface area contributed by atoms with Crippen LogP contribution in [0.3, 0.4) is 0 Å². The third-order valence-electron chi connectivity index (χ3n) is 5.08. The number of carbonyl (C=O) groups excluding carboxylic acids is 1. The highest BCUT2D eigenvalue weighted by molar-refractivity contribution is 14.0. The van der Waals surface area contributed by atoms with E-state index in [0.717, 1.165) is 16.7 Å². The maximum Gasteiger partial charge on any atom is 0.222 e. The van der Waals surface area contributed by atoms with Crippen molar-refractivity contribution in [3.8, 4) is 0 Å². The van der Waals surface area contributed by atoms with E-state index < -0.39 is 11.8 Å². The van der Waals surface area contributed by atoms with Crippen molar-refractivity contribution in [2.75, 3.05) is 13.1 Å². The molecule has 0 aliphatic carbocycles. The van der Waals surface area contributed by atoms with Crippen molar-refractivity contribution in [1.82, 2.24) is 20.4 Å². The number of nitrogens with one attached hydrogen (secondary N) is 2. The Morgan fingerprint density at radius 1 is 1.12 bits per heavy atom. The van der Waals surface area contributed by atoms with E-state index in [9.17, 15) is 9.18 Å². The van der Waals surface area contributed by atoms with Gasteiger partial charge in [-0.1, -0.05) is 36.4 Å². The number of nitrogens with two attached hydrogens (primary N) is 1. The molecule has 1 atom stereocenters. The summed E-state index contributed by atoms with van der Waals surface area (Å²) in [5, 5.41) is 10.7. The number of primary amides is 1. The van der Waals surface area contributed by atoms with Crippen LogP contribution in [0.25, 0.3) is 0 Å². The zero-order valence-corrected chi connectivity index (χ0v) is 20.9. The summed E-state index contributed by atoms with van der Waals surface area (Å²) in [5.41, 5.74) is 8.69. The van der Waals surface area contributed by atoms with Gasteiger partial charge in [0.2, 0.25) is 5.91 Å². The lowest BCUT2D eigenvalue weighted by atomic mass is 9.98. The Morgan fingerprint density at radius 2 is 1.85 bits per heavy atom. The van der Waals surface area contributed by atoms with Gasteiger partial charge < -0.3 is 16.4 Å². The van der Waals surface area contributed by atoms with Crippen molar-refractivity contribution in [1.29, 1.82) is 0 Å². The molecule has 0 fully saturated rings. The van der Waals surface area contributed by atoms with Crippen LogP contribution in [0, 0.1) is 11.7 Å². The fourth-order valence-electron chi connectivity index (χ4n) is 3.34. The van der Waals surface area contributed by atoms with Crippen molar-refractivity contribution >= 4 is 35.8 Å².